The van der Waals surface area contributed by atoms with Gasteiger partial charge in [0, 0.05) is 0 Å². The monoisotopic (exact) mass is 208 g/mol. The Bertz CT molecular complexity index is 106. The molecule has 0 bridgehead atoms. The summed E-state index contributed by atoms with van der Waals surface area (Å²) in [6.07, 6.45) is 0.389. The number of halogens is 1. The van der Waals surface area contributed by atoms with Gasteiger partial charge in [0.1, 0.15) is 0 Å². The summed E-state index contributed by atoms with van der Waals surface area (Å²) in [7, 11) is 0. The zero-order valence-electron chi connectivity index (χ0n) is 6.50. The van der Waals surface area contributed by atoms with Crippen molar-refractivity contribution >= 4 is 15.9 Å². The van der Waals surface area contributed by atoms with E-state index in [9.17, 15) is 0 Å². The zero-order valence-corrected chi connectivity index (χ0v) is 8.09. The van der Waals surface area contributed by atoms with Crippen LogP contribution in [0, 0.1) is 0 Å². The zero-order chi connectivity index (χ0) is 7.72. The van der Waals surface area contributed by atoms with Gasteiger partial charge in [0.2, 0.25) is 0 Å². The van der Waals surface area contributed by atoms with Crippen molar-refractivity contribution in [2.45, 2.75) is 44.1 Å². The van der Waals surface area contributed by atoms with Crippen molar-refractivity contribution < 1.29 is 9.47 Å². The van der Waals surface area contributed by atoms with E-state index in [1.807, 2.05) is 20.8 Å². The van der Waals surface area contributed by atoms with Crippen LogP contribution < -0.4 is 0 Å². The first-order valence-corrected chi connectivity index (χ1v) is 4.48. The van der Waals surface area contributed by atoms with Crippen LogP contribution in [0.5, 0.6) is 0 Å². The van der Waals surface area contributed by atoms with Crippen LogP contribution in [0.15, 0.2) is 0 Å². The molecule has 0 radical (unpaired) electrons. The van der Waals surface area contributed by atoms with E-state index in [0.29, 0.717) is 0 Å². The van der Waals surface area contributed by atoms with E-state index in [4.69, 9.17) is 9.47 Å². The molecule has 1 heterocycles. The Labute approximate surface area is 70.0 Å². The lowest BCUT2D eigenvalue weighted by Gasteiger charge is -2.11. The molecule has 3 heteroatoms. The Morgan fingerprint density at radius 2 is 1.60 bits per heavy atom. The number of hydrogen-bond donors (Lipinski definition) is 0. The topological polar surface area (TPSA) is 18.5 Å². The fourth-order valence-corrected chi connectivity index (χ4v) is 1.14. The van der Waals surface area contributed by atoms with Gasteiger partial charge >= 0.3 is 0 Å². The Kier molecular flexibility index (Phi) is 2.72. The van der Waals surface area contributed by atoms with Crippen LogP contribution in [0.2, 0.25) is 0 Å². The molecule has 3 unspecified atom stereocenters. The van der Waals surface area contributed by atoms with Crippen molar-refractivity contribution in [2.75, 3.05) is 0 Å². The highest BCUT2D eigenvalue weighted by molar-refractivity contribution is 9.09. The minimum Gasteiger partial charge on any atom is -0.346 e. The second kappa shape index (κ2) is 3.20. The van der Waals surface area contributed by atoms with Gasteiger partial charge in [-0.15, -0.1) is 0 Å². The Morgan fingerprint density at radius 1 is 1.20 bits per heavy atom. The molecule has 0 amide bonds. The predicted octanol–water partition coefficient (Wildman–Crippen LogP) is 1.92. The van der Waals surface area contributed by atoms with Gasteiger partial charge < -0.3 is 9.47 Å². The Morgan fingerprint density at radius 3 is 1.80 bits per heavy atom. The smallest absolute Gasteiger partial charge is 0.170 e. The normalized spacial score (nSPS) is 43.8. The molecule has 0 aromatic rings. The van der Waals surface area contributed by atoms with E-state index < -0.39 is 0 Å². The van der Waals surface area contributed by atoms with E-state index in [0.717, 1.165) is 0 Å². The van der Waals surface area contributed by atoms with Gasteiger partial charge in [0.05, 0.1) is 17.0 Å². The summed E-state index contributed by atoms with van der Waals surface area (Å²) < 4.78 is 10.9. The molecule has 1 aliphatic heterocycles. The molecule has 10 heavy (non-hydrogen) atoms. The van der Waals surface area contributed by atoms with Crippen LogP contribution in [-0.2, 0) is 9.47 Å². The predicted molar refractivity (Wildman–Crippen MR) is 43.3 cm³/mol. The number of hydrogen-bond acceptors (Lipinski definition) is 2. The van der Waals surface area contributed by atoms with Crippen molar-refractivity contribution in [1.29, 1.82) is 0 Å². The molecule has 0 aromatic carbocycles. The van der Waals surface area contributed by atoms with Crippen LogP contribution in [0.25, 0.3) is 0 Å². The van der Waals surface area contributed by atoms with E-state index >= 15 is 0 Å². The molecule has 1 saturated heterocycles. The van der Waals surface area contributed by atoms with Crippen LogP contribution in [0.3, 0.4) is 0 Å². The minimum absolute atomic E-state index is 0.0648. The molecule has 0 spiro atoms. The maximum atomic E-state index is 5.47. The average molecular weight is 209 g/mol. The lowest BCUT2D eigenvalue weighted by Crippen LogP contribution is -2.18. The molecular formula is C7H13BrO2. The molecule has 0 aromatic heterocycles. The van der Waals surface area contributed by atoms with Crippen molar-refractivity contribution in [3.63, 3.8) is 0 Å². The molecule has 3 atom stereocenters. The number of alkyl halides is 1. The van der Waals surface area contributed by atoms with Gasteiger partial charge in [-0.25, -0.2) is 0 Å². The molecule has 0 N–H and O–H groups in total. The average Bonchev–Trinajstić information content (AvgIpc) is 2.13. The first kappa shape index (κ1) is 8.50. The minimum atomic E-state index is -0.0648. The lowest BCUT2D eigenvalue weighted by molar-refractivity contribution is -0.0580. The van der Waals surface area contributed by atoms with Crippen LogP contribution in [-0.4, -0.2) is 23.3 Å². The standard InChI is InChI=1S/C7H13BrO2/c1-4(8)7-9-5(2)6(3)10-7/h4-7H,1-3H3. The highest BCUT2D eigenvalue weighted by Crippen LogP contribution is 2.23. The highest BCUT2D eigenvalue weighted by atomic mass is 79.9. The lowest BCUT2D eigenvalue weighted by atomic mass is 10.3. The van der Waals surface area contributed by atoms with E-state index in [2.05, 4.69) is 15.9 Å². The van der Waals surface area contributed by atoms with Gasteiger partial charge in [-0.2, -0.15) is 0 Å². The molecule has 1 aliphatic rings. The first-order valence-electron chi connectivity index (χ1n) is 3.56. The molecular weight excluding hydrogens is 196 g/mol. The molecule has 60 valence electrons. The van der Waals surface area contributed by atoms with Crippen LogP contribution >= 0.6 is 15.9 Å². The third-order valence-electron chi connectivity index (χ3n) is 1.73. The maximum absolute atomic E-state index is 5.47. The summed E-state index contributed by atoms with van der Waals surface area (Å²) in [4.78, 5) is 0.278. The molecule has 0 aliphatic carbocycles. The van der Waals surface area contributed by atoms with Gasteiger partial charge in [-0.05, 0) is 20.8 Å². The van der Waals surface area contributed by atoms with Gasteiger partial charge in [0.25, 0.3) is 0 Å². The van der Waals surface area contributed by atoms with Crippen LogP contribution in [0.4, 0.5) is 0 Å². The highest BCUT2D eigenvalue weighted by Gasteiger charge is 2.31. The molecule has 1 rings (SSSR count). The van der Waals surface area contributed by atoms with Gasteiger partial charge in [-0.3, -0.25) is 0 Å². The van der Waals surface area contributed by atoms with E-state index in [-0.39, 0.29) is 23.3 Å². The van der Waals surface area contributed by atoms with Crippen molar-refractivity contribution in [1.82, 2.24) is 0 Å². The largest absolute Gasteiger partial charge is 0.346 e. The Balaban J connectivity index is 2.41. The second-order valence-electron chi connectivity index (χ2n) is 2.73. The SMILES string of the molecule is CC(Br)C1OC(C)C(C)O1. The Hall–Kier alpha value is 0.400. The maximum Gasteiger partial charge on any atom is 0.170 e. The molecule has 2 nitrogen and oxygen atoms in total. The summed E-state index contributed by atoms with van der Waals surface area (Å²) in [6.45, 7) is 6.08. The number of ether oxygens (including phenoxy) is 2. The fraction of sp³-hybridized carbons (Fsp3) is 1.00. The summed E-state index contributed by atoms with van der Waals surface area (Å²) in [5, 5.41) is 0. The van der Waals surface area contributed by atoms with Gasteiger partial charge in [0.15, 0.2) is 6.29 Å². The third-order valence-corrected chi connectivity index (χ3v) is 2.17. The van der Waals surface area contributed by atoms with Gasteiger partial charge in [-0.1, -0.05) is 15.9 Å². The molecule has 1 fully saturated rings. The van der Waals surface area contributed by atoms with E-state index in [1.54, 1.807) is 0 Å². The molecule has 0 saturated carbocycles. The summed E-state index contributed by atoms with van der Waals surface area (Å²) in [5.41, 5.74) is 0. The van der Waals surface area contributed by atoms with Crippen molar-refractivity contribution in [2.24, 2.45) is 0 Å². The second-order valence-corrected chi connectivity index (χ2v) is 4.17. The van der Waals surface area contributed by atoms with Crippen molar-refractivity contribution in [3.8, 4) is 0 Å². The first-order chi connectivity index (χ1) is 4.61. The van der Waals surface area contributed by atoms with Crippen LogP contribution in [0.1, 0.15) is 20.8 Å². The quantitative estimate of drug-likeness (QED) is 0.614. The fourth-order valence-electron chi connectivity index (χ4n) is 0.893. The third kappa shape index (κ3) is 1.71. The van der Waals surface area contributed by atoms with E-state index in [1.165, 1.54) is 0 Å². The van der Waals surface area contributed by atoms with Crippen molar-refractivity contribution in [3.05, 3.63) is 0 Å². The summed E-state index contributed by atoms with van der Waals surface area (Å²) in [5.74, 6) is 0. The number of rotatable bonds is 1. The summed E-state index contributed by atoms with van der Waals surface area (Å²) >= 11 is 3.41. The summed E-state index contributed by atoms with van der Waals surface area (Å²) in [6, 6.07) is 0.